The van der Waals surface area contributed by atoms with E-state index < -0.39 is 11.9 Å². The van der Waals surface area contributed by atoms with Crippen LogP contribution in [0.4, 0.5) is 0 Å². The predicted molar refractivity (Wildman–Crippen MR) is 73.0 cm³/mol. The third-order valence-electron chi connectivity index (χ3n) is 2.48. The lowest BCUT2D eigenvalue weighted by molar-refractivity contribution is -0.146. The first-order valence-electron chi connectivity index (χ1n) is 5.86. The Balaban J connectivity index is 2.49. The summed E-state index contributed by atoms with van der Waals surface area (Å²) in [7, 11) is 1.25. The fourth-order valence-corrected chi connectivity index (χ4v) is 1.69. The number of methoxy groups -OCH3 is 1. The molecule has 0 aromatic carbocycles. The van der Waals surface area contributed by atoms with Crippen molar-refractivity contribution in [1.82, 2.24) is 10.2 Å². The van der Waals surface area contributed by atoms with Gasteiger partial charge in [-0.25, -0.2) is 0 Å². The van der Waals surface area contributed by atoms with E-state index in [4.69, 9.17) is 4.42 Å². The van der Waals surface area contributed by atoms with E-state index in [0.717, 1.165) is 0 Å². The molecule has 0 atom stereocenters. The van der Waals surface area contributed by atoms with Crippen LogP contribution in [0.2, 0.25) is 0 Å². The zero-order chi connectivity index (χ0) is 15.1. The molecule has 0 aliphatic carbocycles. The van der Waals surface area contributed by atoms with Crippen LogP contribution in [-0.4, -0.2) is 49.4 Å². The number of carbonyl (C=O) groups excluding carboxylic acids is 3. The fourth-order valence-electron chi connectivity index (χ4n) is 1.39. The number of nitrogens with zero attached hydrogens (tertiary/aromatic N) is 1. The summed E-state index contributed by atoms with van der Waals surface area (Å²) in [5.74, 6) is -1.29. The van der Waals surface area contributed by atoms with E-state index in [9.17, 15) is 14.4 Å². The molecular weight excluding hydrogens is 332 g/mol. The third-order valence-corrected chi connectivity index (χ3v) is 2.91. The topological polar surface area (TPSA) is 88.9 Å². The molecule has 0 saturated heterocycles. The molecule has 20 heavy (non-hydrogen) atoms. The maximum Gasteiger partial charge on any atom is 0.325 e. The molecule has 0 unspecified atom stereocenters. The van der Waals surface area contributed by atoms with Crippen LogP contribution in [0, 0.1) is 0 Å². The first-order chi connectivity index (χ1) is 9.47. The first-order valence-corrected chi connectivity index (χ1v) is 6.65. The molecule has 110 valence electrons. The van der Waals surface area contributed by atoms with Crippen LogP contribution in [0.15, 0.2) is 21.2 Å². The molecule has 7 nitrogen and oxygen atoms in total. The second-order valence-corrected chi connectivity index (χ2v) is 4.55. The number of amides is 2. The number of carbonyl (C=O) groups is 3. The molecule has 0 spiro atoms. The number of halogens is 1. The molecule has 0 fully saturated rings. The average Bonchev–Trinajstić information content (AvgIpc) is 2.88. The highest BCUT2D eigenvalue weighted by Gasteiger charge is 2.17. The molecule has 1 heterocycles. The SMILES string of the molecule is CCN(CC(=O)OC)C(=O)CNC(=O)c1ccc(Br)o1. The lowest BCUT2D eigenvalue weighted by Gasteiger charge is -2.19. The summed E-state index contributed by atoms with van der Waals surface area (Å²) >= 11 is 3.08. The maximum atomic E-state index is 11.8. The first kappa shape index (κ1) is 16.2. The summed E-state index contributed by atoms with van der Waals surface area (Å²) in [6, 6.07) is 3.06. The summed E-state index contributed by atoms with van der Waals surface area (Å²) in [6.45, 7) is 1.71. The molecule has 0 radical (unpaired) electrons. The van der Waals surface area contributed by atoms with Crippen molar-refractivity contribution in [2.75, 3.05) is 26.7 Å². The number of nitrogens with one attached hydrogen (secondary N) is 1. The van der Waals surface area contributed by atoms with E-state index in [0.29, 0.717) is 11.2 Å². The molecule has 1 N–H and O–H groups in total. The fraction of sp³-hybridized carbons (Fsp3) is 0.417. The molecule has 1 aromatic rings. The minimum Gasteiger partial charge on any atom is -0.468 e. The van der Waals surface area contributed by atoms with Crippen LogP contribution in [-0.2, 0) is 14.3 Å². The number of rotatable bonds is 6. The van der Waals surface area contributed by atoms with E-state index in [2.05, 4.69) is 26.0 Å². The van der Waals surface area contributed by atoms with Crippen molar-refractivity contribution in [3.05, 3.63) is 22.6 Å². The van der Waals surface area contributed by atoms with E-state index in [1.165, 1.54) is 18.1 Å². The maximum absolute atomic E-state index is 11.8. The Labute approximate surface area is 124 Å². The Morgan fingerprint density at radius 2 is 2.10 bits per heavy atom. The summed E-state index contributed by atoms with van der Waals surface area (Å²) in [5, 5.41) is 2.42. The summed E-state index contributed by atoms with van der Waals surface area (Å²) in [5.41, 5.74) is 0. The monoisotopic (exact) mass is 346 g/mol. The van der Waals surface area contributed by atoms with Gasteiger partial charge in [0.15, 0.2) is 10.4 Å². The van der Waals surface area contributed by atoms with Gasteiger partial charge in [-0.3, -0.25) is 14.4 Å². The van der Waals surface area contributed by atoms with Gasteiger partial charge < -0.3 is 19.4 Å². The number of hydrogen-bond acceptors (Lipinski definition) is 5. The largest absolute Gasteiger partial charge is 0.468 e. The molecule has 1 rings (SSSR count). The Bertz CT molecular complexity index is 500. The van der Waals surface area contributed by atoms with Crippen LogP contribution >= 0.6 is 15.9 Å². The van der Waals surface area contributed by atoms with Crippen molar-refractivity contribution >= 4 is 33.7 Å². The lowest BCUT2D eigenvalue weighted by Crippen LogP contribution is -2.42. The number of furan rings is 1. The van der Waals surface area contributed by atoms with Crippen LogP contribution < -0.4 is 5.32 Å². The molecule has 0 aliphatic rings. The van der Waals surface area contributed by atoms with E-state index in [-0.39, 0.29) is 24.8 Å². The van der Waals surface area contributed by atoms with Crippen LogP contribution in [0.5, 0.6) is 0 Å². The van der Waals surface area contributed by atoms with Gasteiger partial charge in [-0.05, 0) is 35.0 Å². The molecule has 2 amide bonds. The Morgan fingerprint density at radius 3 is 2.60 bits per heavy atom. The van der Waals surface area contributed by atoms with Gasteiger partial charge >= 0.3 is 5.97 Å². The second-order valence-electron chi connectivity index (χ2n) is 3.77. The van der Waals surface area contributed by atoms with E-state index in [1.54, 1.807) is 13.0 Å². The van der Waals surface area contributed by atoms with Crippen molar-refractivity contribution in [3.8, 4) is 0 Å². The van der Waals surface area contributed by atoms with Crippen LogP contribution in [0.1, 0.15) is 17.5 Å². The van der Waals surface area contributed by atoms with Crippen molar-refractivity contribution in [2.24, 2.45) is 0 Å². The molecular formula is C12H15BrN2O5. The standard InChI is InChI=1S/C12H15BrN2O5/c1-3-15(7-11(17)19-2)10(16)6-14-12(18)8-4-5-9(13)20-8/h4-5H,3,6-7H2,1-2H3,(H,14,18). The van der Waals surface area contributed by atoms with Gasteiger partial charge in [0.2, 0.25) is 5.91 Å². The summed E-state index contributed by atoms with van der Waals surface area (Å²) < 4.78 is 9.97. The number of likely N-dealkylation sites (N-methyl/N-ethyl adjacent to an activating group) is 1. The van der Waals surface area contributed by atoms with E-state index >= 15 is 0 Å². The quantitative estimate of drug-likeness (QED) is 0.769. The molecule has 8 heteroatoms. The van der Waals surface area contributed by atoms with Crippen molar-refractivity contribution < 1.29 is 23.5 Å². The van der Waals surface area contributed by atoms with Gasteiger partial charge in [-0.1, -0.05) is 0 Å². The van der Waals surface area contributed by atoms with Crippen molar-refractivity contribution in [3.63, 3.8) is 0 Å². The van der Waals surface area contributed by atoms with Gasteiger partial charge in [0.05, 0.1) is 13.7 Å². The minimum atomic E-state index is -0.513. The summed E-state index contributed by atoms with van der Waals surface area (Å²) in [6.07, 6.45) is 0. The Kier molecular flexibility index (Phi) is 6.23. The van der Waals surface area contributed by atoms with Crippen LogP contribution in [0.25, 0.3) is 0 Å². The smallest absolute Gasteiger partial charge is 0.325 e. The second kappa shape index (κ2) is 7.68. The molecule has 0 saturated carbocycles. The van der Waals surface area contributed by atoms with Gasteiger partial charge in [0.25, 0.3) is 5.91 Å². The lowest BCUT2D eigenvalue weighted by atomic mass is 10.4. The van der Waals surface area contributed by atoms with Gasteiger partial charge in [0.1, 0.15) is 6.54 Å². The highest BCUT2D eigenvalue weighted by molar-refractivity contribution is 9.10. The van der Waals surface area contributed by atoms with Crippen LogP contribution in [0.3, 0.4) is 0 Å². The third kappa shape index (κ3) is 4.69. The molecule has 0 bridgehead atoms. The number of esters is 1. The Hall–Kier alpha value is -1.83. The molecule has 1 aromatic heterocycles. The van der Waals surface area contributed by atoms with Crippen molar-refractivity contribution in [2.45, 2.75) is 6.92 Å². The van der Waals surface area contributed by atoms with Gasteiger partial charge in [0, 0.05) is 6.54 Å². The van der Waals surface area contributed by atoms with Crippen molar-refractivity contribution in [1.29, 1.82) is 0 Å². The zero-order valence-electron chi connectivity index (χ0n) is 11.1. The summed E-state index contributed by atoms with van der Waals surface area (Å²) in [4.78, 5) is 35.9. The average molecular weight is 347 g/mol. The number of ether oxygens (including phenoxy) is 1. The highest BCUT2D eigenvalue weighted by Crippen LogP contribution is 2.13. The highest BCUT2D eigenvalue weighted by atomic mass is 79.9. The predicted octanol–water partition coefficient (Wildman–Crippen LogP) is 0.793. The van der Waals surface area contributed by atoms with Gasteiger partial charge in [-0.2, -0.15) is 0 Å². The Morgan fingerprint density at radius 1 is 1.40 bits per heavy atom. The minimum absolute atomic E-state index is 0.0979. The van der Waals surface area contributed by atoms with Gasteiger partial charge in [-0.15, -0.1) is 0 Å². The number of hydrogen-bond donors (Lipinski definition) is 1. The van der Waals surface area contributed by atoms with E-state index in [1.807, 2.05) is 0 Å². The molecule has 0 aliphatic heterocycles. The zero-order valence-corrected chi connectivity index (χ0v) is 12.7. The normalized spacial score (nSPS) is 9.95.